The minimum Gasteiger partial charge on any atom is -0.492 e. The van der Waals surface area contributed by atoms with Crippen molar-refractivity contribution >= 4 is 38.9 Å². The molecule has 0 unspecified atom stereocenters. The van der Waals surface area contributed by atoms with E-state index in [2.05, 4.69) is 27.0 Å². The number of rotatable bonds is 6. The lowest BCUT2D eigenvalue weighted by molar-refractivity contribution is 0.310. The van der Waals surface area contributed by atoms with E-state index in [1.807, 2.05) is 54.8 Å². The van der Waals surface area contributed by atoms with Gasteiger partial charge in [0, 0.05) is 10.9 Å². The number of methoxy groups -OCH3 is 1. The summed E-state index contributed by atoms with van der Waals surface area (Å²) in [6.45, 7) is 2.44. The van der Waals surface area contributed by atoms with Crippen molar-refractivity contribution in [3.63, 3.8) is 0 Å². The van der Waals surface area contributed by atoms with Gasteiger partial charge in [0.25, 0.3) is 0 Å². The van der Waals surface area contributed by atoms with Crippen LogP contribution >= 0.6 is 27.3 Å². The van der Waals surface area contributed by atoms with E-state index in [-0.39, 0.29) is 0 Å². The van der Waals surface area contributed by atoms with Gasteiger partial charge in [0.05, 0.1) is 29.5 Å². The number of benzene rings is 2. The van der Waals surface area contributed by atoms with E-state index in [4.69, 9.17) is 9.47 Å². The van der Waals surface area contributed by atoms with E-state index in [0.717, 1.165) is 21.3 Å². The lowest BCUT2D eigenvalue weighted by atomic mass is 10.1. The highest BCUT2D eigenvalue weighted by molar-refractivity contribution is 9.10. The predicted octanol–water partition coefficient (Wildman–Crippen LogP) is 6.04. The van der Waals surface area contributed by atoms with Crippen molar-refractivity contribution in [1.82, 2.24) is 4.98 Å². The van der Waals surface area contributed by atoms with Crippen LogP contribution < -0.4 is 9.47 Å². The van der Waals surface area contributed by atoms with Crippen LogP contribution in [0.4, 0.5) is 0 Å². The zero-order valence-corrected chi connectivity index (χ0v) is 17.3. The van der Waals surface area contributed by atoms with E-state index in [9.17, 15) is 5.26 Å². The van der Waals surface area contributed by atoms with Crippen molar-refractivity contribution in [3.8, 4) is 28.8 Å². The Morgan fingerprint density at radius 2 is 2.07 bits per heavy atom. The number of halogens is 1. The Bertz CT molecular complexity index is 1010. The summed E-state index contributed by atoms with van der Waals surface area (Å²) in [7, 11) is 1.60. The maximum Gasteiger partial charge on any atom is 0.174 e. The molecule has 0 amide bonds. The highest BCUT2D eigenvalue weighted by Crippen LogP contribution is 2.37. The number of nitrogens with zero attached hydrogens (tertiary/aromatic N) is 2. The minimum atomic E-state index is 0.502. The molecular formula is C21H17BrN2O2S. The first kappa shape index (κ1) is 19.2. The molecule has 0 radical (unpaired) electrons. The number of hydrogen-bond donors (Lipinski definition) is 0. The maximum atomic E-state index is 9.64. The van der Waals surface area contributed by atoms with Crippen LogP contribution in [0.5, 0.6) is 11.5 Å². The molecule has 0 spiro atoms. The van der Waals surface area contributed by atoms with Gasteiger partial charge in [-0.2, -0.15) is 5.26 Å². The second-order valence-corrected chi connectivity index (χ2v) is 7.25. The monoisotopic (exact) mass is 440 g/mol. The van der Waals surface area contributed by atoms with Gasteiger partial charge in [-0.15, -0.1) is 11.3 Å². The van der Waals surface area contributed by atoms with Gasteiger partial charge in [-0.25, -0.2) is 4.98 Å². The van der Waals surface area contributed by atoms with Crippen LogP contribution in [0.2, 0.25) is 0 Å². The van der Waals surface area contributed by atoms with Crippen LogP contribution in [0, 0.1) is 11.3 Å². The quantitative estimate of drug-likeness (QED) is 0.438. The lowest BCUT2D eigenvalue weighted by Gasteiger charge is -2.12. The normalized spacial score (nSPS) is 11.1. The molecule has 27 heavy (non-hydrogen) atoms. The highest BCUT2D eigenvalue weighted by Gasteiger charge is 2.13. The summed E-state index contributed by atoms with van der Waals surface area (Å²) in [5, 5.41) is 12.3. The molecule has 3 rings (SSSR count). The van der Waals surface area contributed by atoms with Crippen molar-refractivity contribution in [2.24, 2.45) is 0 Å². The van der Waals surface area contributed by atoms with Gasteiger partial charge in [0.2, 0.25) is 0 Å². The molecule has 0 saturated heterocycles. The third-order valence-corrected chi connectivity index (χ3v) is 5.24. The Kier molecular flexibility index (Phi) is 6.28. The van der Waals surface area contributed by atoms with Crippen molar-refractivity contribution in [2.45, 2.75) is 6.92 Å². The molecule has 0 N–H and O–H groups in total. The molecule has 0 fully saturated rings. The molecule has 6 heteroatoms. The first-order valence-electron chi connectivity index (χ1n) is 8.29. The van der Waals surface area contributed by atoms with Crippen molar-refractivity contribution in [1.29, 1.82) is 5.26 Å². The fourth-order valence-electron chi connectivity index (χ4n) is 2.58. The Morgan fingerprint density at radius 3 is 2.74 bits per heavy atom. The number of allylic oxidation sites excluding steroid dienone is 1. The van der Waals surface area contributed by atoms with Crippen molar-refractivity contribution < 1.29 is 9.47 Å². The molecule has 0 aliphatic rings. The topological polar surface area (TPSA) is 55.1 Å². The van der Waals surface area contributed by atoms with Crippen LogP contribution in [0.25, 0.3) is 22.9 Å². The van der Waals surface area contributed by atoms with Crippen LogP contribution in [-0.4, -0.2) is 18.7 Å². The van der Waals surface area contributed by atoms with Crippen LogP contribution in [0.3, 0.4) is 0 Å². The zero-order chi connectivity index (χ0) is 19.2. The van der Waals surface area contributed by atoms with Crippen LogP contribution in [0.15, 0.2) is 52.3 Å². The molecule has 2 aromatic carbocycles. The van der Waals surface area contributed by atoms with E-state index < -0.39 is 0 Å². The summed E-state index contributed by atoms with van der Waals surface area (Å²) >= 11 is 4.95. The first-order chi connectivity index (χ1) is 13.2. The lowest BCUT2D eigenvalue weighted by Crippen LogP contribution is -1.96. The third-order valence-electron chi connectivity index (χ3n) is 3.77. The number of thiazole rings is 1. The van der Waals surface area contributed by atoms with Crippen LogP contribution in [-0.2, 0) is 0 Å². The van der Waals surface area contributed by atoms with Crippen molar-refractivity contribution in [3.05, 3.63) is 62.9 Å². The van der Waals surface area contributed by atoms with E-state index >= 15 is 0 Å². The number of hydrogen-bond acceptors (Lipinski definition) is 5. The Hall–Kier alpha value is -2.62. The van der Waals surface area contributed by atoms with Crippen LogP contribution in [0.1, 0.15) is 17.5 Å². The van der Waals surface area contributed by atoms with Gasteiger partial charge in [-0.1, -0.05) is 30.3 Å². The molecule has 1 heterocycles. The van der Waals surface area contributed by atoms with E-state index in [1.165, 1.54) is 11.3 Å². The molecule has 1 aromatic heterocycles. The Balaban J connectivity index is 1.98. The summed E-state index contributed by atoms with van der Waals surface area (Å²) in [5.74, 6) is 1.26. The number of ether oxygens (including phenoxy) is 2. The highest BCUT2D eigenvalue weighted by atomic mass is 79.9. The first-order valence-corrected chi connectivity index (χ1v) is 9.97. The Labute approximate surface area is 170 Å². The molecule has 3 aromatic rings. The molecule has 4 nitrogen and oxygen atoms in total. The standard InChI is InChI=1S/C21H17BrN2O2S/c1-3-26-19-11-14(10-17(22)20(19)25-2)9-16(12-23)21-24-18(13-27-21)15-7-5-4-6-8-15/h4-11,13H,3H2,1-2H3/b16-9+. The number of nitriles is 1. The second kappa shape index (κ2) is 8.85. The smallest absolute Gasteiger partial charge is 0.174 e. The van der Waals surface area contributed by atoms with Crippen molar-refractivity contribution in [2.75, 3.05) is 13.7 Å². The zero-order valence-electron chi connectivity index (χ0n) is 14.9. The average molecular weight is 441 g/mol. The van der Waals surface area contributed by atoms with Gasteiger partial charge in [-0.3, -0.25) is 0 Å². The summed E-state index contributed by atoms with van der Waals surface area (Å²) in [4.78, 5) is 4.62. The molecule has 0 saturated carbocycles. The third kappa shape index (κ3) is 4.38. The van der Waals surface area contributed by atoms with E-state index in [1.54, 1.807) is 13.2 Å². The van der Waals surface area contributed by atoms with Gasteiger partial charge < -0.3 is 9.47 Å². The molecule has 0 aliphatic heterocycles. The fourth-order valence-corrected chi connectivity index (χ4v) is 4.00. The van der Waals surface area contributed by atoms with Gasteiger partial charge in [-0.05, 0) is 46.6 Å². The van der Waals surface area contributed by atoms with E-state index in [0.29, 0.717) is 28.7 Å². The average Bonchev–Trinajstić information content (AvgIpc) is 3.17. The molecule has 0 atom stereocenters. The summed E-state index contributed by atoms with van der Waals surface area (Å²) in [5.41, 5.74) is 3.23. The predicted molar refractivity (Wildman–Crippen MR) is 113 cm³/mol. The summed E-state index contributed by atoms with van der Waals surface area (Å²) < 4.78 is 11.8. The SMILES string of the molecule is CCOc1cc(/C=C(\C#N)c2nc(-c3ccccc3)cs2)cc(Br)c1OC. The van der Waals surface area contributed by atoms with Gasteiger partial charge in [0.15, 0.2) is 11.5 Å². The van der Waals surface area contributed by atoms with Gasteiger partial charge >= 0.3 is 0 Å². The molecule has 136 valence electrons. The Morgan fingerprint density at radius 1 is 1.30 bits per heavy atom. The largest absolute Gasteiger partial charge is 0.492 e. The maximum absolute atomic E-state index is 9.64. The second-order valence-electron chi connectivity index (χ2n) is 5.54. The number of aromatic nitrogens is 1. The summed E-state index contributed by atoms with van der Waals surface area (Å²) in [6, 6.07) is 15.9. The fraction of sp³-hybridized carbons (Fsp3) is 0.143. The molecular weight excluding hydrogens is 424 g/mol. The van der Waals surface area contributed by atoms with Gasteiger partial charge in [0.1, 0.15) is 11.1 Å². The minimum absolute atomic E-state index is 0.502. The summed E-state index contributed by atoms with van der Waals surface area (Å²) in [6.07, 6.45) is 1.81. The molecule has 0 bridgehead atoms. The molecule has 0 aliphatic carbocycles.